The third-order valence-corrected chi connectivity index (χ3v) is 5.20. The first kappa shape index (κ1) is 18.6. The Balaban J connectivity index is 1.62. The van der Waals surface area contributed by atoms with E-state index in [0.29, 0.717) is 22.6 Å². The van der Waals surface area contributed by atoms with Gasteiger partial charge < -0.3 is 10.6 Å². The molecular formula is C18H16F4N2OS. The summed E-state index contributed by atoms with van der Waals surface area (Å²) < 4.78 is 52.0. The van der Waals surface area contributed by atoms with E-state index in [-0.39, 0.29) is 18.4 Å². The molecule has 0 bridgehead atoms. The Morgan fingerprint density at radius 2 is 1.96 bits per heavy atom. The molecule has 26 heavy (non-hydrogen) atoms. The molecule has 138 valence electrons. The average Bonchev–Trinajstić information content (AvgIpc) is 2.60. The second kappa shape index (κ2) is 7.57. The molecule has 0 spiro atoms. The summed E-state index contributed by atoms with van der Waals surface area (Å²) in [5.74, 6) is 0.357. The molecule has 2 aromatic carbocycles. The van der Waals surface area contributed by atoms with Gasteiger partial charge in [-0.2, -0.15) is 13.2 Å². The molecule has 3 rings (SSSR count). The lowest BCUT2D eigenvalue weighted by Crippen LogP contribution is -2.38. The van der Waals surface area contributed by atoms with Gasteiger partial charge in [0, 0.05) is 17.2 Å². The zero-order valence-corrected chi connectivity index (χ0v) is 14.4. The lowest BCUT2D eigenvalue weighted by molar-refractivity contribution is -0.137. The number of benzene rings is 2. The molecular weight excluding hydrogens is 368 g/mol. The quantitative estimate of drug-likeness (QED) is 0.741. The highest BCUT2D eigenvalue weighted by molar-refractivity contribution is 7.99. The van der Waals surface area contributed by atoms with E-state index in [1.165, 1.54) is 30.0 Å². The van der Waals surface area contributed by atoms with Gasteiger partial charge in [-0.05, 0) is 35.7 Å². The van der Waals surface area contributed by atoms with E-state index in [1.807, 2.05) is 0 Å². The van der Waals surface area contributed by atoms with Crippen molar-refractivity contribution >= 4 is 17.8 Å². The number of nitrogens with one attached hydrogen (secondary N) is 2. The molecule has 0 radical (unpaired) electrons. The SMILES string of the molecule is O=C(NCc1cccc(C(F)(F)F)c1)NC1CCSc2c(F)cccc21. The van der Waals surface area contributed by atoms with Crippen molar-refractivity contribution in [2.24, 2.45) is 0 Å². The van der Waals surface area contributed by atoms with E-state index in [0.717, 1.165) is 17.7 Å². The number of halogens is 4. The van der Waals surface area contributed by atoms with Crippen molar-refractivity contribution in [1.82, 2.24) is 10.6 Å². The Bertz CT molecular complexity index is 810. The average molecular weight is 384 g/mol. The standard InChI is InChI=1S/C18H16F4N2OS/c19-14-6-2-5-13-15(7-8-26-16(13)14)24-17(25)23-10-11-3-1-4-12(9-11)18(20,21)22/h1-6,9,15H,7-8,10H2,(H2,23,24,25). The molecule has 8 heteroatoms. The lowest BCUT2D eigenvalue weighted by Gasteiger charge is -2.26. The van der Waals surface area contributed by atoms with Gasteiger partial charge in [-0.15, -0.1) is 11.8 Å². The summed E-state index contributed by atoms with van der Waals surface area (Å²) in [5.41, 5.74) is 0.307. The first-order chi connectivity index (χ1) is 12.3. The minimum absolute atomic E-state index is 0.0345. The summed E-state index contributed by atoms with van der Waals surface area (Å²) in [6.07, 6.45) is -3.77. The first-order valence-electron chi connectivity index (χ1n) is 7.96. The van der Waals surface area contributed by atoms with Gasteiger partial charge in [-0.1, -0.05) is 24.3 Å². The largest absolute Gasteiger partial charge is 0.416 e. The Labute approximate surface area is 152 Å². The van der Waals surface area contributed by atoms with Crippen LogP contribution in [0.3, 0.4) is 0 Å². The van der Waals surface area contributed by atoms with Crippen LogP contribution in [0, 0.1) is 5.82 Å². The minimum Gasteiger partial charge on any atom is -0.334 e. The Hall–Kier alpha value is -2.22. The van der Waals surface area contributed by atoms with Gasteiger partial charge in [0.15, 0.2) is 0 Å². The summed E-state index contributed by atoms with van der Waals surface area (Å²) in [4.78, 5) is 12.6. The summed E-state index contributed by atoms with van der Waals surface area (Å²) in [6.45, 7) is -0.0345. The van der Waals surface area contributed by atoms with Crippen LogP contribution in [0.1, 0.15) is 29.2 Å². The smallest absolute Gasteiger partial charge is 0.334 e. The number of thioether (sulfide) groups is 1. The van der Waals surface area contributed by atoms with Crippen LogP contribution in [0.5, 0.6) is 0 Å². The van der Waals surface area contributed by atoms with Crippen LogP contribution >= 0.6 is 11.8 Å². The van der Waals surface area contributed by atoms with E-state index >= 15 is 0 Å². The summed E-state index contributed by atoms with van der Waals surface area (Å²) >= 11 is 1.41. The molecule has 0 fully saturated rings. The molecule has 0 aliphatic carbocycles. The molecule has 3 nitrogen and oxygen atoms in total. The maximum atomic E-state index is 13.8. The van der Waals surface area contributed by atoms with Crippen LogP contribution in [0.4, 0.5) is 22.4 Å². The maximum absolute atomic E-state index is 13.8. The number of hydrogen-bond donors (Lipinski definition) is 2. The van der Waals surface area contributed by atoms with Gasteiger partial charge in [0.1, 0.15) is 5.82 Å². The van der Waals surface area contributed by atoms with Crippen LogP contribution in [0.2, 0.25) is 0 Å². The molecule has 2 amide bonds. The van der Waals surface area contributed by atoms with Gasteiger partial charge in [0.2, 0.25) is 0 Å². The summed E-state index contributed by atoms with van der Waals surface area (Å²) in [5, 5.41) is 5.32. The van der Waals surface area contributed by atoms with Crippen LogP contribution in [-0.2, 0) is 12.7 Å². The minimum atomic E-state index is -4.42. The second-order valence-corrected chi connectivity index (χ2v) is 6.98. The Morgan fingerprint density at radius 1 is 1.19 bits per heavy atom. The van der Waals surface area contributed by atoms with Crippen molar-refractivity contribution in [2.75, 3.05) is 5.75 Å². The lowest BCUT2D eigenvalue weighted by atomic mass is 10.0. The predicted molar refractivity (Wildman–Crippen MR) is 91.3 cm³/mol. The van der Waals surface area contributed by atoms with Crippen molar-refractivity contribution in [3.05, 3.63) is 65.0 Å². The molecule has 0 saturated carbocycles. The van der Waals surface area contributed by atoms with Crippen molar-refractivity contribution < 1.29 is 22.4 Å². The van der Waals surface area contributed by atoms with Gasteiger partial charge in [-0.25, -0.2) is 9.18 Å². The number of alkyl halides is 3. The zero-order valence-electron chi connectivity index (χ0n) is 13.6. The molecule has 1 unspecified atom stereocenters. The highest BCUT2D eigenvalue weighted by Gasteiger charge is 2.30. The monoisotopic (exact) mass is 384 g/mol. The van der Waals surface area contributed by atoms with E-state index in [1.54, 1.807) is 12.1 Å². The fourth-order valence-corrected chi connectivity index (χ4v) is 3.93. The van der Waals surface area contributed by atoms with E-state index in [4.69, 9.17) is 0 Å². The number of rotatable bonds is 3. The molecule has 1 heterocycles. The molecule has 0 saturated heterocycles. The van der Waals surface area contributed by atoms with E-state index in [2.05, 4.69) is 10.6 Å². The van der Waals surface area contributed by atoms with Gasteiger partial charge in [-0.3, -0.25) is 0 Å². The number of hydrogen-bond acceptors (Lipinski definition) is 2. The molecule has 2 aromatic rings. The third kappa shape index (κ3) is 4.30. The van der Waals surface area contributed by atoms with Crippen molar-refractivity contribution in [2.45, 2.75) is 30.1 Å². The number of urea groups is 1. The normalized spacial score (nSPS) is 16.7. The van der Waals surface area contributed by atoms with Crippen LogP contribution in [-0.4, -0.2) is 11.8 Å². The molecule has 1 aliphatic rings. The van der Waals surface area contributed by atoms with Crippen LogP contribution in [0.15, 0.2) is 47.4 Å². The number of amides is 2. The van der Waals surface area contributed by atoms with Crippen LogP contribution < -0.4 is 10.6 Å². The fourth-order valence-electron chi connectivity index (χ4n) is 2.79. The highest BCUT2D eigenvalue weighted by atomic mass is 32.2. The van der Waals surface area contributed by atoms with Gasteiger partial charge >= 0.3 is 12.2 Å². The van der Waals surface area contributed by atoms with Crippen molar-refractivity contribution in [3.8, 4) is 0 Å². The highest BCUT2D eigenvalue weighted by Crippen LogP contribution is 2.37. The Morgan fingerprint density at radius 3 is 2.73 bits per heavy atom. The first-order valence-corrected chi connectivity index (χ1v) is 8.95. The van der Waals surface area contributed by atoms with E-state index in [9.17, 15) is 22.4 Å². The zero-order chi connectivity index (χ0) is 18.7. The van der Waals surface area contributed by atoms with Gasteiger partial charge in [0.25, 0.3) is 0 Å². The molecule has 1 aliphatic heterocycles. The third-order valence-electron chi connectivity index (χ3n) is 4.04. The number of fused-ring (bicyclic) bond motifs is 1. The topological polar surface area (TPSA) is 41.1 Å². The number of carbonyl (C=O) groups is 1. The summed E-state index contributed by atoms with van der Waals surface area (Å²) in [7, 11) is 0. The van der Waals surface area contributed by atoms with Crippen molar-refractivity contribution in [1.29, 1.82) is 0 Å². The molecule has 0 aromatic heterocycles. The predicted octanol–water partition coefficient (Wildman–Crippen LogP) is 4.88. The molecule has 1 atom stereocenters. The second-order valence-electron chi connectivity index (χ2n) is 5.87. The Kier molecular flexibility index (Phi) is 5.41. The fraction of sp³-hybridized carbons (Fsp3) is 0.278. The van der Waals surface area contributed by atoms with E-state index < -0.39 is 17.8 Å². The summed E-state index contributed by atoms with van der Waals surface area (Å²) in [6, 6.07) is 8.70. The molecule has 2 N–H and O–H groups in total. The maximum Gasteiger partial charge on any atom is 0.416 e. The number of carbonyl (C=O) groups excluding carboxylic acids is 1. The van der Waals surface area contributed by atoms with Gasteiger partial charge in [0.05, 0.1) is 11.6 Å². The van der Waals surface area contributed by atoms with Crippen molar-refractivity contribution in [3.63, 3.8) is 0 Å². The van der Waals surface area contributed by atoms with Crippen LogP contribution in [0.25, 0.3) is 0 Å².